The highest BCUT2D eigenvalue weighted by molar-refractivity contribution is 5.87. The average Bonchev–Trinajstić information content (AvgIpc) is 2.86. The summed E-state index contributed by atoms with van der Waals surface area (Å²) in [6.45, 7) is 2.39. The van der Waals surface area contributed by atoms with Crippen molar-refractivity contribution in [1.29, 1.82) is 0 Å². The van der Waals surface area contributed by atoms with Crippen LogP contribution in [0.15, 0.2) is 48.5 Å². The number of rotatable bonds is 11. The number of benzene rings is 2. The van der Waals surface area contributed by atoms with Gasteiger partial charge in [-0.2, -0.15) is 0 Å². The van der Waals surface area contributed by atoms with Crippen LogP contribution in [0.3, 0.4) is 0 Å². The van der Waals surface area contributed by atoms with Gasteiger partial charge in [0.2, 0.25) is 11.8 Å². The van der Waals surface area contributed by atoms with Crippen LogP contribution in [0, 0.1) is 5.82 Å². The summed E-state index contributed by atoms with van der Waals surface area (Å²) >= 11 is 0. The Labute approximate surface area is 201 Å². The molecule has 0 spiro atoms. The summed E-state index contributed by atoms with van der Waals surface area (Å²) in [5.41, 5.74) is 0.779. The average molecular weight is 471 g/mol. The highest BCUT2D eigenvalue weighted by atomic mass is 19.1. The standard InChI is InChI=1S/C27H35FN2O4/c1-20(27(32)29-23-7-4-3-5-8-23)30(19-21-10-12-22(28)13-11-21)26(31)9-6-18-34-25-16-14-24(33-2)15-17-25/h10-17,20,23H,3-9,18-19H2,1-2H3,(H,29,32). The van der Waals surface area contributed by atoms with E-state index in [1.807, 2.05) is 24.3 Å². The first-order valence-corrected chi connectivity index (χ1v) is 12.1. The second-order valence-electron chi connectivity index (χ2n) is 8.80. The lowest BCUT2D eigenvalue weighted by Gasteiger charge is -2.31. The minimum absolute atomic E-state index is 0.131. The van der Waals surface area contributed by atoms with E-state index in [1.165, 1.54) is 18.6 Å². The number of hydrogen-bond donors (Lipinski definition) is 1. The number of ether oxygens (including phenoxy) is 2. The first-order chi connectivity index (χ1) is 16.5. The van der Waals surface area contributed by atoms with Crippen LogP contribution in [-0.4, -0.2) is 42.5 Å². The summed E-state index contributed by atoms with van der Waals surface area (Å²) in [6, 6.07) is 12.8. The molecule has 1 atom stereocenters. The van der Waals surface area contributed by atoms with Crippen molar-refractivity contribution in [1.82, 2.24) is 10.2 Å². The minimum Gasteiger partial charge on any atom is -0.497 e. The maximum Gasteiger partial charge on any atom is 0.242 e. The zero-order valence-electron chi connectivity index (χ0n) is 20.1. The van der Waals surface area contributed by atoms with E-state index < -0.39 is 6.04 Å². The highest BCUT2D eigenvalue weighted by Crippen LogP contribution is 2.20. The van der Waals surface area contributed by atoms with Crippen LogP contribution < -0.4 is 14.8 Å². The molecule has 184 valence electrons. The van der Waals surface area contributed by atoms with Crippen molar-refractivity contribution in [3.8, 4) is 11.5 Å². The predicted octanol–water partition coefficient (Wildman–Crippen LogP) is 4.86. The van der Waals surface area contributed by atoms with Crippen LogP contribution in [0.2, 0.25) is 0 Å². The lowest BCUT2D eigenvalue weighted by atomic mass is 9.95. The highest BCUT2D eigenvalue weighted by Gasteiger charge is 2.27. The van der Waals surface area contributed by atoms with E-state index >= 15 is 0 Å². The Kier molecular flexibility index (Phi) is 9.74. The van der Waals surface area contributed by atoms with Crippen LogP contribution in [0.4, 0.5) is 4.39 Å². The molecule has 1 saturated carbocycles. The smallest absolute Gasteiger partial charge is 0.242 e. The Morgan fingerprint density at radius 2 is 1.68 bits per heavy atom. The Bertz CT molecular complexity index is 911. The monoisotopic (exact) mass is 470 g/mol. The van der Waals surface area contributed by atoms with Crippen molar-refractivity contribution >= 4 is 11.8 Å². The van der Waals surface area contributed by atoms with Crippen LogP contribution in [-0.2, 0) is 16.1 Å². The Morgan fingerprint density at radius 3 is 2.32 bits per heavy atom. The van der Waals surface area contributed by atoms with Gasteiger partial charge in [-0.25, -0.2) is 4.39 Å². The van der Waals surface area contributed by atoms with Gasteiger partial charge in [0.1, 0.15) is 23.4 Å². The molecule has 0 bridgehead atoms. The van der Waals surface area contributed by atoms with Gasteiger partial charge in [0, 0.05) is 19.0 Å². The molecule has 2 aromatic rings. The Morgan fingerprint density at radius 1 is 1.03 bits per heavy atom. The number of carbonyl (C=O) groups is 2. The largest absolute Gasteiger partial charge is 0.497 e. The topological polar surface area (TPSA) is 67.9 Å². The zero-order chi connectivity index (χ0) is 24.3. The molecule has 0 heterocycles. The lowest BCUT2D eigenvalue weighted by Crippen LogP contribution is -2.50. The molecule has 0 saturated heterocycles. The van der Waals surface area contributed by atoms with Crippen molar-refractivity contribution in [3.05, 3.63) is 59.9 Å². The summed E-state index contributed by atoms with van der Waals surface area (Å²) in [6.07, 6.45) is 6.16. The van der Waals surface area contributed by atoms with Gasteiger partial charge in [-0.3, -0.25) is 9.59 Å². The van der Waals surface area contributed by atoms with Crippen molar-refractivity contribution in [3.63, 3.8) is 0 Å². The molecule has 7 heteroatoms. The van der Waals surface area contributed by atoms with E-state index in [1.54, 1.807) is 31.1 Å². The maximum absolute atomic E-state index is 13.4. The van der Waals surface area contributed by atoms with Crippen molar-refractivity contribution in [2.24, 2.45) is 0 Å². The van der Waals surface area contributed by atoms with E-state index in [9.17, 15) is 14.0 Å². The molecule has 0 aliphatic heterocycles. The molecule has 2 amide bonds. The SMILES string of the molecule is COc1ccc(OCCCC(=O)N(Cc2ccc(F)cc2)C(C)C(=O)NC2CCCCC2)cc1. The number of carbonyl (C=O) groups excluding carboxylic acids is 2. The summed E-state index contributed by atoms with van der Waals surface area (Å²) in [5.74, 6) is 0.849. The molecule has 0 radical (unpaired) electrons. The molecule has 1 unspecified atom stereocenters. The van der Waals surface area contributed by atoms with Crippen molar-refractivity contribution < 1.29 is 23.5 Å². The summed E-state index contributed by atoms with van der Waals surface area (Å²) in [4.78, 5) is 27.7. The molecule has 3 rings (SSSR count). The summed E-state index contributed by atoms with van der Waals surface area (Å²) in [7, 11) is 1.61. The minimum atomic E-state index is -0.623. The Hall–Kier alpha value is -3.09. The fourth-order valence-corrected chi connectivity index (χ4v) is 4.17. The van der Waals surface area contributed by atoms with Gasteiger partial charge in [-0.15, -0.1) is 0 Å². The molecular weight excluding hydrogens is 435 g/mol. The van der Waals surface area contributed by atoms with E-state index in [-0.39, 0.29) is 36.6 Å². The van der Waals surface area contributed by atoms with E-state index in [4.69, 9.17) is 9.47 Å². The zero-order valence-corrected chi connectivity index (χ0v) is 20.1. The first kappa shape index (κ1) is 25.5. The van der Waals surface area contributed by atoms with E-state index in [0.29, 0.717) is 18.8 Å². The lowest BCUT2D eigenvalue weighted by molar-refractivity contribution is -0.141. The van der Waals surface area contributed by atoms with Crippen LogP contribution in [0.25, 0.3) is 0 Å². The molecule has 1 N–H and O–H groups in total. The molecule has 1 aliphatic rings. The third-order valence-electron chi connectivity index (χ3n) is 6.25. The second kappa shape index (κ2) is 13.0. The quantitative estimate of drug-likeness (QED) is 0.476. The molecular formula is C27H35FN2O4. The normalized spacial score (nSPS) is 14.8. The van der Waals surface area contributed by atoms with E-state index in [0.717, 1.165) is 37.0 Å². The number of halogens is 1. The molecule has 0 aromatic heterocycles. The van der Waals surface area contributed by atoms with Gasteiger partial charge >= 0.3 is 0 Å². The second-order valence-corrected chi connectivity index (χ2v) is 8.80. The number of methoxy groups -OCH3 is 1. The molecule has 6 nitrogen and oxygen atoms in total. The van der Waals surface area contributed by atoms with Crippen LogP contribution >= 0.6 is 0 Å². The fraction of sp³-hybridized carbons (Fsp3) is 0.481. The third-order valence-corrected chi connectivity index (χ3v) is 6.25. The molecule has 1 fully saturated rings. The number of nitrogens with one attached hydrogen (secondary N) is 1. The summed E-state index contributed by atoms with van der Waals surface area (Å²) in [5, 5.41) is 3.12. The van der Waals surface area contributed by atoms with Gasteiger partial charge in [-0.05, 0) is 68.1 Å². The van der Waals surface area contributed by atoms with Crippen molar-refractivity contribution in [2.75, 3.05) is 13.7 Å². The third kappa shape index (κ3) is 7.75. The van der Waals surface area contributed by atoms with Crippen LogP contribution in [0.1, 0.15) is 57.4 Å². The molecule has 2 aromatic carbocycles. The molecule has 34 heavy (non-hydrogen) atoms. The van der Waals surface area contributed by atoms with Gasteiger partial charge in [0.15, 0.2) is 0 Å². The first-order valence-electron chi connectivity index (χ1n) is 12.1. The van der Waals surface area contributed by atoms with Gasteiger partial charge in [-0.1, -0.05) is 31.4 Å². The van der Waals surface area contributed by atoms with E-state index in [2.05, 4.69) is 5.32 Å². The summed E-state index contributed by atoms with van der Waals surface area (Å²) < 4.78 is 24.2. The number of hydrogen-bond acceptors (Lipinski definition) is 4. The van der Waals surface area contributed by atoms with Crippen molar-refractivity contribution in [2.45, 2.75) is 70.5 Å². The Balaban J connectivity index is 1.58. The van der Waals surface area contributed by atoms with Gasteiger partial charge < -0.3 is 19.7 Å². The molecule has 1 aliphatic carbocycles. The van der Waals surface area contributed by atoms with Gasteiger partial charge in [0.25, 0.3) is 0 Å². The number of nitrogens with zero attached hydrogens (tertiary/aromatic N) is 1. The maximum atomic E-state index is 13.4. The number of amides is 2. The predicted molar refractivity (Wildman–Crippen MR) is 129 cm³/mol. The fourth-order valence-electron chi connectivity index (χ4n) is 4.17. The van der Waals surface area contributed by atoms with Gasteiger partial charge in [0.05, 0.1) is 13.7 Å². The van der Waals surface area contributed by atoms with Crippen LogP contribution in [0.5, 0.6) is 11.5 Å².